The third kappa shape index (κ3) is 2.21. The quantitative estimate of drug-likeness (QED) is 0.646. The maximum absolute atomic E-state index is 12.4. The third-order valence-corrected chi connectivity index (χ3v) is 1.91. The number of hydrogen-bond donors (Lipinski definition) is 0. The van der Waals surface area contributed by atoms with Crippen LogP contribution in [0.2, 0.25) is 0 Å². The molecule has 0 spiro atoms. The van der Waals surface area contributed by atoms with Gasteiger partial charge in [-0.1, -0.05) is 15.9 Å². The maximum atomic E-state index is 12.4. The normalized spacial score (nSPS) is 9.67. The summed E-state index contributed by atoms with van der Waals surface area (Å²) in [6.07, 6.45) is 0. The summed E-state index contributed by atoms with van der Waals surface area (Å²) in [5, 5.41) is 0. The summed E-state index contributed by atoms with van der Waals surface area (Å²) in [7, 11) is 0. The van der Waals surface area contributed by atoms with Gasteiger partial charge in [-0.15, -0.1) is 0 Å². The van der Waals surface area contributed by atoms with Gasteiger partial charge in [0.15, 0.2) is 0 Å². The predicted octanol–water partition coefficient (Wildman–Crippen LogP) is 3.19. The molecule has 0 amide bonds. The fourth-order valence-electron chi connectivity index (χ4n) is 0.520. The van der Waals surface area contributed by atoms with E-state index in [4.69, 9.17) is 0 Å². The second kappa shape index (κ2) is 2.96. The van der Waals surface area contributed by atoms with E-state index in [1.807, 2.05) is 6.07 Å². The van der Waals surface area contributed by atoms with E-state index in [9.17, 15) is 4.39 Å². The Morgan fingerprint density at radius 2 is 2.00 bits per heavy atom. The van der Waals surface area contributed by atoms with Gasteiger partial charge < -0.3 is 0 Å². The van der Waals surface area contributed by atoms with Gasteiger partial charge in [-0.25, -0.2) is 4.39 Å². The van der Waals surface area contributed by atoms with E-state index >= 15 is 0 Å². The lowest BCUT2D eigenvalue weighted by molar-refractivity contribution is 0.626. The van der Waals surface area contributed by atoms with Gasteiger partial charge in [-0.05, 0) is 40.8 Å². The zero-order chi connectivity index (χ0) is 6.85. The Balaban J connectivity index is 3.17. The average Bonchev–Trinajstić information content (AvgIpc) is 1.59. The largest absolute Gasteiger partial charge is 0.207 e. The fourth-order valence-corrected chi connectivity index (χ4v) is 2.05. The molecule has 0 saturated carbocycles. The van der Waals surface area contributed by atoms with E-state index in [2.05, 4.69) is 38.5 Å². The van der Waals surface area contributed by atoms with E-state index < -0.39 is 0 Å². The van der Waals surface area contributed by atoms with E-state index in [1.54, 1.807) is 0 Å². The SMILES string of the molecule is Fc1cc(Br)cc(I)c1. The molecule has 0 nitrogen and oxygen atoms in total. The molecule has 0 unspecified atom stereocenters. The number of benzene rings is 1. The molecule has 0 aliphatic rings. The maximum Gasteiger partial charge on any atom is 0.125 e. The molecule has 1 aromatic rings. The van der Waals surface area contributed by atoms with E-state index in [0.717, 1.165) is 8.04 Å². The lowest BCUT2D eigenvalue weighted by Crippen LogP contribution is -1.75. The first kappa shape index (κ1) is 7.47. The van der Waals surface area contributed by atoms with E-state index in [-0.39, 0.29) is 5.82 Å². The average molecular weight is 301 g/mol. The van der Waals surface area contributed by atoms with Crippen LogP contribution >= 0.6 is 38.5 Å². The molecule has 0 aliphatic carbocycles. The van der Waals surface area contributed by atoms with Gasteiger partial charge in [0.05, 0.1) is 0 Å². The van der Waals surface area contributed by atoms with Crippen molar-refractivity contribution in [1.82, 2.24) is 0 Å². The predicted molar refractivity (Wildman–Crippen MR) is 46.8 cm³/mol. The van der Waals surface area contributed by atoms with Crippen molar-refractivity contribution >= 4 is 38.5 Å². The van der Waals surface area contributed by atoms with Crippen LogP contribution in [-0.2, 0) is 0 Å². The van der Waals surface area contributed by atoms with Gasteiger partial charge in [0.1, 0.15) is 5.82 Å². The molecule has 3 heteroatoms. The molecule has 0 atom stereocenters. The molecule has 0 aromatic heterocycles. The first-order valence-electron chi connectivity index (χ1n) is 2.30. The molecule has 1 rings (SSSR count). The highest BCUT2D eigenvalue weighted by atomic mass is 127. The topological polar surface area (TPSA) is 0 Å². The minimum absolute atomic E-state index is 0.200. The Labute approximate surface area is 74.7 Å². The summed E-state index contributed by atoms with van der Waals surface area (Å²) in [5.41, 5.74) is 0. The summed E-state index contributed by atoms with van der Waals surface area (Å²) in [6, 6.07) is 4.76. The summed E-state index contributed by atoms with van der Waals surface area (Å²) in [5.74, 6) is -0.200. The number of hydrogen-bond acceptors (Lipinski definition) is 0. The molecule has 0 heterocycles. The van der Waals surface area contributed by atoms with Crippen molar-refractivity contribution in [2.75, 3.05) is 0 Å². The second-order valence-electron chi connectivity index (χ2n) is 1.59. The molecule has 0 saturated heterocycles. The second-order valence-corrected chi connectivity index (χ2v) is 3.75. The highest BCUT2D eigenvalue weighted by molar-refractivity contribution is 14.1. The van der Waals surface area contributed by atoms with Crippen molar-refractivity contribution < 1.29 is 4.39 Å². The van der Waals surface area contributed by atoms with Crippen LogP contribution in [0.15, 0.2) is 22.7 Å². The zero-order valence-electron chi connectivity index (χ0n) is 4.37. The zero-order valence-corrected chi connectivity index (χ0v) is 8.11. The molecule has 0 fully saturated rings. The van der Waals surface area contributed by atoms with Crippen LogP contribution in [0.3, 0.4) is 0 Å². The van der Waals surface area contributed by atoms with Crippen molar-refractivity contribution in [1.29, 1.82) is 0 Å². The molecule has 1 aromatic carbocycles. The third-order valence-electron chi connectivity index (χ3n) is 0.827. The summed E-state index contributed by atoms with van der Waals surface area (Å²) in [4.78, 5) is 0. The van der Waals surface area contributed by atoms with Gasteiger partial charge in [0.25, 0.3) is 0 Å². The summed E-state index contributed by atoms with van der Waals surface area (Å²) >= 11 is 5.23. The molecular formula is C6H3BrFI. The van der Waals surface area contributed by atoms with Crippen LogP contribution in [0.4, 0.5) is 4.39 Å². The van der Waals surface area contributed by atoms with Crippen LogP contribution in [0, 0.1) is 9.39 Å². The minimum atomic E-state index is -0.200. The Bertz CT molecular complexity index is 174. The fraction of sp³-hybridized carbons (Fsp3) is 0. The first-order chi connectivity index (χ1) is 4.18. The van der Waals surface area contributed by atoms with E-state index in [1.165, 1.54) is 12.1 Å². The van der Waals surface area contributed by atoms with Gasteiger partial charge in [-0.3, -0.25) is 0 Å². The van der Waals surface area contributed by atoms with Crippen LogP contribution in [0.5, 0.6) is 0 Å². The lowest BCUT2D eigenvalue weighted by Gasteiger charge is -1.91. The van der Waals surface area contributed by atoms with Crippen molar-refractivity contribution in [3.8, 4) is 0 Å². The van der Waals surface area contributed by atoms with Crippen molar-refractivity contribution in [2.24, 2.45) is 0 Å². The molecule has 9 heavy (non-hydrogen) atoms. The highest BCUT2D eigenvalue weighted by Crippen LogP contribution is 2.15. The number of rotatable bonds is 0. The molecule has 0 radical (unpaired) electrons. The summed E-state index contributed by atoms with van der Waals surface area (Å²) < 4.78 is 14.1. The Morgan fingerprint density at radius 3 is 2.44 bits per heavy atom. The summed E-state index contributed by atoms with van der Waals surface area (Å²) in [6.45, 7) is 0. The monoisotopic (exact) mass is 300 g/mol. The van der Waals surface area contributed by atoms with Crippen molar-refractivity contribution in [2.45, 2.75) is 0 Å². The van der Waals surface area contributed by atoms with Crippen molar-refractivity contribution in [3.05, 3.63) is 32.1 Å². The lowest BCUT2D eigenvalue weighted by atomic mass is 10.4. The number of halogens is 3. The standard InChI is InChI=1S/C6H3BrFI/c7-4-1-5(8)3-6(9)2-4/h1-3H. The highest BCUT2D eigenvalue weighted by Gasteiger charge is 1.93. The Hall–Kier alpha value is 0.360. The van der Waals surface area contributed by atoms with E-state index in [0.29, 0.717) is 0 Å². The van der Waals surface area contributed by atoms with Gasteiger partial charge >= 0.3 is 0 Å². The van der Waals surface area contributed by atoms with Gasteiger partial charge in [-0.2, -0.15) is 0 Å². The smallest absolute Gasteiger partial charge is 0.125 e. The van der Waals surface area contributed by atoms with Gasteiger partial charge in [0.2, 0.25) is 0 Å². The van der Waals surface area contributed by atoms with Crippen LogP contribution in [0.1, 0.15) is 0 Å². The van der Waals surface area contributed by atoms with Crippen LogP contribution in [0.25, 0.3) is 0 Å². The van der Waals surface area contributed by atoms with Gasteiger partial charge in [0, 0.05) is 8.04 Å². The first-order valence-corrected chi connectivity index (χ1v) is 4.17. The Kier molecular flexibility index (Phi) is 2.46. The minimum Gasteiger partial charge on any atom is -0.207 e. The van der Waals surface area contributed by atoms with Crippen LogP contribution in [-0.4, -0.2) is 0 Å². The molecule has 0 bridgehead atoms. The molecule has 0 N–H and O–H groups in total. The molecular weight excluding hydrogens is 298 g/mol. The molecule has 0 aliphatic heterocycles. The Morgan fingerprint density at radius 1 is 1.33 bits per heavy atom. The molecule has 48 valence electrons. The van der Waals surface area contributed by atoms with Crippen LogP contribution < -0.4 is 0 Å². The van der Waals surface area contributed by atoms with Crippen molar-refractivity contribution in [3.63, 3.8) is 0 Å².